The van der Waals surface area contributed by atoms with Crippen molar-refractivity contribution in [3.8, 4) is 23.0 Å². The molecule has 1 aromatic heterocycles. The molecule has 1 heterocycles. The lowest BCUT2D eigenvalue weighted by molar-refractivity contribution is -0.127. The maximum absolute atomic E-state index is 13.1. The standard InChI is InChI=1S/C28H27N3O6/c32-23-8-5-17(13-25(23)34)7-10-27(36)31-22(15-19-16-30-21-4-2-1-3-20(19)21)28(37)29-12-11-18-6-9-24(33)26(35)14-18/h1-10,13-14,16,22,30,32-35H,11-12,15H2,(H,29,37)(H,31,36)/b10-7+/t22-/m0/s1. The number of phenolic OH excluding ortho intramolecular Hbond substituents is 4. The summed E-state index contributed by atoms with van der Waals surface area (Å²) in [6, 6.07) is 15.4. The Balaban J connectivity index is 1.46. The maximum Gasteiger partial charge on any atom is 0.244 e. The van der Waals surface area contributed by atoms with E-state index in [1.165, 1.54) is 42.5 Å². The zero-order valence-electron chi connectivity index (χ0n) is 19.8. The lowest BCUT2D eigenvalue weighted by Gasteiger charge is -2.18. The molecule has 9 heteroatoms. The van der Waals surface area contributed by atoms with Gasteiger partial charge in [-0.2, -0.15) is 0 Å². The van der Waals surface area contributed by atoms with Crippen LogP contribution in [-0.2, 0) is 22.4 Å². The molecule has 0 fully saturated rings. The molecular formula is C28H27N3O6. The molecular weight excluding hydrogens is 474 g/mol. The molecule has 0 aliphatic heterocycles. The zero-order valence-corrected chi connectivity index (χ0v) is 19.8. The van der Waals surface area contributed by atoms with Crippen LogP contribution >= 0.6 is 0 Å². The Hall–Kier alpha value is -4.92. The number of aromatic amines is 1. The molecule has 1 atom stereocenters. The first-order valence-corrected chi connectivity index (χ1v) is 11.6. The maximum atomic E-state index is 13.1. The van der Waals surface area contributed by atoms with Gasteiger partial charge >= 0.3 is 0 Å². The highest BCUT2D eigenvalue weighted by molar-refractivity contribution is 5.96. The molecule has 9 nitrogen and oxygen atoms in total. The fourth-order valence-electron chi connectivity index (χ4n) is 3.94. The molecule has 2 amide bonds. The van der Waals surface area contributed by atoms with Gasteiger partial charge in [-0.1, -0.05) is 30.3 Å². The Morgan fingerprint density at radius 1 is 0.892 bits per heavy atom. The Morgan fingerprint density at radius 2 is 1.62 bits per heavy atom. The highest BCUT2D eigenvalue weighted by Gasteiger charge is 2.22. The number of carbonyl (C=O) groups is 2. The highest BCUT2D eigenvalue weighted by atomic mass is 16.3. The molecule has 37 heavy (non-hydrogen) atoms. The first-order chi connectivity index (χ1) is 17.8. The average Bonchev–Trinajstić information content (AvgIpc) is 3.29. The van der Waals surface area contributed by atoms with E-state index in [-0.39, 0.29) is 41.9 Å². The van der Waals surface area contributed by atoms with Crippen LogP contribution in [0, 0.1) is 0 Å². The summed E-state index contributed by atoms with van der Waals surface area (Å²) in [7, 11) is 0. The molecule has 0 radical (unpaired) electrons. The van der Waals surface area contributed by atoms with Crippen molar-refractivity contribution >= 4 is 28.8 Å². The quantitative estimate of drug-likeness (QED) is 0.138. The summed E-state index contributed by atoms with van der Waals surface area (Å²) >= 11 is 0. The monoisotopic (exact) mass is 501 g/mol. The molecule has 4 rings (SSSR count). The van der Waals surface area contributed by atoms with Crippen LogP contribution in [0.15, 0.2) is 72.9 Å². The third kappa shape index (κ3) is 6.40. The number of amides is 2. The first-order valence-electron chi connectivity index (χ1n) is 11.6. The van der Waals surface area contributed by atoms with E-state index in [4.69, 9.17) is 0 Å². The largest absolute Gasteiger partial charge is 0.504 e. The minimum absolute atomic E-state index is 0.218. The molecule has 0 aliphatic carbocycles. The van der Waals surface area contributed by atoms with Crippen molar-refractivity contribution in [2.24, 2.45) is 0 Å². The third-order valence-corrected chi connectivity index (χ3v) is 5.91. The van der Waals surface area contributed by atoms with Crippen LogP contribution in [0.1, 0.15) is 16.7 Å². The van der Waals surface area contributed by atoms with Gasteiger partial charge < -0.3 is 36.0 Å². The number of H-pyrrole nitrogens is 1. The van der Waals surface area contributed by atoms with Crippen LogP contribution in [0.25, 0.3) is 17.0 Å². The summed E-state index contributed by atoms with van der Waals surface area (Å²) in [6.45, 7) is 0.256. The number of aromatic hydroxyl groups is 4. The normalized spacial score (nSPS) is 12.0. The number of hydrogen-bond acceptors (Lipinski definition) is 6. The number of rotatable bonds is 9. The second-order valence-electron chi connectivity index (χ2n) is 8.57. The Labute approximate surface area is 212 Å². The smallest absolute Gasteiger partial charge is 0.244 e. The van der Waals surface area contributed by atoms with E-state index < -0.39 is 11.9 Å². The lowest BCUT2D eigenvalue weighted by Crippen LogP contribution is -2.48. The van der Waals surface area contributed by atoms with Crippen molar-refractivity contribution in [2.75, 3.05) is 6.54 Å². The van der Waals surface area contributed by atoms with Crippen molar-refractivity contribution < 1.29 is 30.0 Å². The lowest BCUT2D eigenvalue weighted by atomic mass is 10.0. The van der Waals surface area contributed by atoms with Crippen LogP contribution in [0.5, 0.6) is 23.0 Å². The summed E-state index contributed by atoms with van der Waals surface area (Å²) in [6.07, 6.45) is 5.19. The van der Waals surface area contributed by atoms with Gasteiger partial charge in [-0.05, 0) is 59.5 Å². The van der Waals surface area contributed by atoms with E-state index in [0.717, 1.165) is 22.0 Å². The second kappa shape index (κ2) is 11.2. The topological polar surface area (TPSA) is 155 Å². The minimum Gasteiger partial charge on any atom is -0.504 e. The molecule has 3 aromatic carbocycles. The average molecular weight is 502 g/mol. The number of aromatic nitrogens is 1. The number of para-hydroxylation sites is 1. The third-order valence-electron chi connectivity index (χ3n) is 5.91. The molecule has 190 valence electrons. The molecule has 0 saturated carbocycles. The Kier molecular flexibility index (Phi) is 7.63. The van der Waals surface area contributed by atoms with Gasteiger partial charge in [-0.25, -0.2) is 0 Å². The summed E-state index contributed by atoms with van der Waals surface area (Å²) in [5, 5.41) is 44.7. The minimum atomic E-state index is -0.877. The number of fused-ring (bicyclic) bond motifs is 1. The molecule has 0 bridgehead atoms. The van der Waals surface area contributed by atoms with Gasteiger partial charge in [0.2, 0.25) is 11.8 Å². The van der Waals surface area contributed by atoms with Gasteiger partial charge in [-0.15, -0.1) is 0 Å². The highest BCUT2D eigenvalue weighted by Crippen LogP contribution is 2.26. The number of phenols is 4. The fraction of sp³-hybridized carbons (Fsp3) is 0.143. The fourth-order valence-corrected chi connectivity index (χ4v) is 3.94. The van der Waals surface area contributed by atoms with Gasteiger partial charge in [0.25, 0.3) is 0 Å². The molecule has 0 spiro atoms. The summed E-state index contributed by atoms with van der Waals surface area (Å²) < 4.78 is 0. The van der Waals surface area contributed by atoms with Gasteiger partial charge in [-0.3, -0.25) is 9.59 Å². The first kappa shape index (κ1) is 25.2. The van der Waals surface area contributed by atoms with E-state index in [1.54, 1.807) is 6.07 Å². The molecule has 0 unspecified atom stereocenters. The molecule has 7 N–H and O–H groups in total. The Morgan fingerprint density at radius 3 is 2.38 bits per heavy atom. The molecule has 0 aliphatic rings. The predicted molar refractivity (Wildman–Crippen MR) is 139 cm³/mol. The van der Waals surface area contributed by atoms with Gasteiger partial charge in [0.05, 0.1) is 0 Å². The number of nitrogens with one attached hydrogen (secondary N) is 3. The van der Waals surface area contributed by atoms with Crippen LogP contribution in [0.2, 0.25) is 0 Å². The van der Waals surface area contributed by atoms with Crippen LogP contribution < -0.4 is 10.6 Å². The van der Waals surface area contributed by atoms with Gasteiger partial charge in [0, 0.05) is 36.1 Å². The summed E-state index contributed by atoms with van der Waals surface area (Å²) in [4.78, 5) is 29.0. The van der Waals surface area contributed by atoms with E-state index in [9.17, 15) is 30.0 Å². The number of benzene rings is 3. The van der Waals surface area contributed by atoms with E-state index in [2.05, 4.69) is 15.6 Å². The van der Waals surface area contributed by atoms with Crippen molar-refractivity contribution in [1.82, 2.24) is 15.6 Å². The van der Waals surface area contributed by atoms with Crippen LogP contribution in [0.3, 0.4) is 0 Å². The Bertz CT molecular complexity index is 1460. The molecule has 4 aromatic rings. The van der Waals surface area contributed by atoms with Gasteiger partial charge in [0.15, 0.2) is 23.0 Å². The van der Waals surface area contributed by atoms with E-state index in [1.807, 2.05) is 30.5 Å². The van der Waals surface area contributed by atoms with Crippen molar-refractivity contribution in [2.45, 2.75) is 18.9 Å². The summed E-state index contributed by atoms with van der Waals surface area (Å²) in [5.74, 6) is -1.90. The van der Waals surface area contributed by atoms with Crippen molar-refractivity contribution in [1.29, 1.82) is 0 Å². The predicted octanol–water partition coefficient (Wildman–Crippen LogP) is 3.09. The number of carbonyl (C=O) groups excluding carboxylic acids is 2. The molecule has 0 saturated heterocycles. The van der Waals surface area contributed by atoms with E-state index in [0.29, 0.717) is 12.0 Å². The van der Waals surface area contributed by atoms with Crippen molar-refractivity contribution in [3.63, 3.8) is 0 Å². The van der Waals surface area contributed by atoms with Crippen molar-refractivity contribution in [3.05, 3.63) is 89.6 Å². The number of hydrogen-bond donors (Lipinski definition) is 7. The van der Waals surface area contributed by atoms with Crippen LogP contribution in [-0.4, -0.2) is 49.8 Å². The zero-order chi connectivity index (χ0) is 26.4. The second-order valence-corrected chi connectivity index (χ2v) is 8.57. The SMILES string of the molecule is O=C(/C=C/c1ccc(O)c(O)c1)N[C@@H](Cc1c[nH]c2ccccc12)C(=O)NCCc1ccc(O)c(O)c1. The van der Waals surface area contributed by atoms with E-state index >= 15 is 0 Å². The van der Waals surface area contributed by atoms with Gasteiger partial charge in [0.1, 0.15) is 6.04 Å². The van der Waals surface area contributed by atoms with Crippen LogP contribution in [0.4, 0.5) is 0 Å². The summed E-state index contributed by atoms with van der Waals surface area (Å²) in [5.41, 5.74) is 3.02.